The molecule has 0 aliphatic carbocycles. The lowest BCUT2D eigenvalue weighted by Crippen LogP contribution is -2.37. The Labute approximate surface area is 190 Å². The molecule has 0 aliphatic rings. The smallest absolute Gasteiger partial charge is 0.307 e. The molecular formula is C24H21Cl2NO4. The minimum Gasteiger partial charge on any atom is -0.481 e. The minimum absolute atomic E-state index is 0.0944. The van der Waals surface area contributed by atoms with E-state index >= 15 is 0 Å². The Morgan fingerprint density at radius 3 is 1.87 bits per heavy atom. The van der Waals surface area contributed by atoms with Gasteiger partial charge in [-0.25, -0.2) is 0 Å². The highest BCUT2D eigenvalue weighted by Gasteiger charge is 2.37. The quantitative estimate of drug-likeness (QED) is 0.435. The van der Waals surface area contributed by atoms with Crippen molar-refractivity contribution < 1.29 is 19.4 Å². The van der Waals surface area contributed by atoms with Crippen LogP contribution in [0.3, 0.4) is 0 Å². The lowest BCUT2D eigenvalue weighted by atomic mass is 9.83. The third-order valence-electron chi connectivity index (χ3n) is 4.74. The molecule has 3 rings (SSSR count). The number of carboxylic acid groups (broad SMARTS) is 1. The van der Waals surface area contributed by atoms with E-state index in [9.17, 15) is 14.7 Å². The van der Waals surface area contributed by atoms with Crippen LogP contribution < -0.4 is 5.32 Å². The maximum absolute atomic E-state index is 12.4. The molecule has 0 saturated carbocycles. The topological polar surface area (TPSA) is 75.6 Å². The largest absolute Gasteiger partial charge is 0.481 e. The van der Waals surface area contributed by atoms with E-state index in [1.807, 2.05) is 60.7 Å². The van der Waals surface area contributed by atoms with Crippen molar-refractivity contribution in [2.24, 2.45) is 0 Å². The summed E-state index contributed by atoms with van der Waals surface area (Å²) in [5.74, 6) is -1.35. The summed E-state index contributed by atoms with van der Waals surface area (Å²) < 4.78 is 6.20. The zero-order valence-corrected chi connectivity index (χ0v) is 18.1. The zero-order chi connectivity index (χ0) is 22.3. The van der Waals surface area contributed by atoms with Crippen LogP contribution in [0.4, 0.5) is 0 Å². The van der Waals surface area contributed by atoms with Gasteiger partial charge in [-0.1, -0.05) is 83.9 Å². The van der Waals surface area contributed by atoms with Crippen molar-refractivity contribution in [1.82, 2.24) is 5.32 Å². The van der Waals surface area contributed by atoms with Crippen molar-refractivity contribution in [3.8, 4) is 0 Å². The number of hydrogen-bond acceptors (Lipinski definition) is 3. The third-order valence-corrected chi connectivity index (χ3v) is 5.18. The van der Waals surface area contributed by atoms with E-state index in [1.54, 1.807) is 6.07 Å². The lowest BCUT2D eigenvalue weighted by molar-refractivity contribution is -0.144. The number of halogens is 2. The summed E-state index contributed by atoms with van der Waals surface area (Å²) in [5, 5.41) is 13.1. The fourth-order valence-electron chi connectivity index (χ4n) is 3.39. The van der Waals surface area contributed by atoms with Gasteiger partial charge in [0.25, 0.3) is 5.91 Å². The van der Waals surface area contributed by atoms with E-state index in [0.29, 0.717) is 15.6 Å². The summed E-state index contributed by atoms with van der Waals surface area (Å²) in [6, 6.07) is 23.0. The number of nitrogens with one attached hydrogen (secondary N) is 1. The van der Waals surface area contributed by atoms with E-state index in [0.717, 1.165) is 11.1 Å². The summed E-state index contributed by atoms with van der Waals surface area (Å²) in [5.41, 5.74) is 0.576. The number of carboxylic acids is 1. The van der Waals surface area contributed by atoms with E-state index < -0.39 is 11.6 Å². The normalized spacial score (nSPS) is 11.2. The first kappa shape index (κ1) is 22.8. The van der Waals surface area contributed by atoms with Crippen molar-refractivity contribution in [3.05, 3.63) is 106 Å². The highest BCUT2D eigenvalue weighted by atomic mass is 35.5. The summed E-state index contributed by atoms with van der Waals surface area (Å²) >= 11 is 11.9. The Bertz CT molecular complexity index is 982. The lowest BCUT2D eigenvalue weighted by Gasteiger charge is -2.34. The standard InChI is InChI=1S/C24H21Cl2NO4/c25-20-13-17(14-21(26)15-20)23(30)27-11-12-31-24(16-22(28)29,18-7-3-1-4-8-18)19-9-5-2-6-10-19/h1-10,13-15H,11-12,16H2,(H,27,30)(H,28,29). The number of aliphatic carboxylic acids is 1. The number of hydrogen-bond donors (Lipinski definition) is 2. The van der Waals surface area contributed by atoms with Crippen LogP contribution in [0.25, 0.3) is 0 Å². The Kier molecular flexibility index (Phi) is 7.69. The first-order valence-corrected chi connectivity index (χ1v) is 10.4. The van der Waals surface area contributed by atoms with Crippen molar-refractivity contribution in [1.29, 1.82) is 0 Å². The second-order valence-corrected chi connectivity index (χ2v) is 7.76. The van der Waals surface area contributed by atoms with Gasteiger partial charge in [0.15, 0.2) is 0 Å². The van der Waals surface area contributed by atoms with E-state index in [-0.39, 0.29) is 25.5 Å². The van der Waals surface area contributed by atoms with Crippen LogP contribution in [-0.4, -0.2) is 30.1 Å². The molecule has 0 aliphatic heterocycles. The van der Waals surface area contributed by atoms with Crippen LogP contribution in [0.2, 0.25) is 10.0 Å². The first-order valence-electron chi connectivity index (χ1n) is 9.62. The summed E-state index contributed by atoms with van der Waals surface area (Å²) in [6.45, 7) is 0.265. The fourth-order valence-corrected chi connectivity index (χ4v) is 3.92. The molecule has 5 nitrogen and oxygen atoms in total. The molecule has 31 heavy (non-hydrogen) atoms. The average Bonchev–Trinajstić information content (AvgIpc) is 2.76. The summed E-state index contributed by atoms with van der Waals surface area (Å²) in [6.07, 6.45) is -0.265. The Balaban J connectivity index is 1.79. The van der Waals surface area contributed by atoms with Gasteiger partial charge < -0.3 is 15.2 Å². The molecule has 0 spiro atoms. The zero-order valence-electron chi connectivity index (χ0n) is 16.6. The highest BCUT2D eigenvalue weighted by molar-refractivity contribution is 6.35. The number of amides is 1. The number of ether oxygens (including phenoxy) is 1. The van der Waals surface area contributed by atoms with E-state index in [4.69, 9.17) is 27.9 Å². The van der Waals surface area contributed by atoms with Gasteiger partial charge in [-0.15, -0.1) is 0 Å². The molecule has 0 heterocycles. The monoisotopic (exact) mass is 457 g/mol. The van der Waals surface area contributed by atoms with Crippen molar-refractivity contribution in [3.63, 3.8) is 0 Å². The molecular weight excluding hydrogens is 437 g/mol. The number of benzene rings is 3. The molecule has 1 amide bonds. The average molecular weight is 458 g/mol. The third kappa shape index (κ3) is 5.85. The SMILES string of the molecule is O=C(O)CC(OCCNC(=O)c1cc(Cl)cc(Cl)c1)(c1ccccc1)c1ccccc1. The van der Waals surface area contributed by atoms with Crippen LogP contribution in [0.1, 0.15) is 27.9 Å². The molecule has 0 radical (unpaired) electrons. The minimum atomic E-state index is -1.20. The molecule has 3 aromatic carbocycles. The van der Waals surface area contributed by atoms with Crippen molar-refractivity contribution in [2.75, 3.05) is 13.2 Å². The number of carbonyl (C=O) groups is 2. The van der Waals surface area contributed by atoms with Gasteiger partial charge in [0, 0.05) is 22.2 Å². The van der Waals surface area contributed by atoms with E-state index in [1.165, 1.54) is 12.1 Å². The molecule has 3 aromatic rings. The van der Waals surface area contributed by atoms with Gasteiger partial charge in [-0.3, -0.25) is 9.59 Å². The fraction of sp³-hybridized carbons (Fsp3) is 0.167. The van der Waals surface area contributed by atoms with E-state index in [2.05, 4.69) is 5.32 Å². The number of rotatable bonds is 9. The van der Waals surface area contributed by atoms with Gasteiger partial charge in [0.05, 0.1) is 13.0 Å². The second-order valence-electron chi connectivity index (χ2n) is 6.89. The van der Waals surface area contributed by atoms with Gasteiger partial charge >= 0.3 is 5.97 Å². The van der Waals surface area contributed by atoms with Crippen molar-refractivity contribution >= 4 is 35.1 Å². The van der Waals surface area contributed by atoms with Gasteiger partial charge in [-0.2, -0.15) is 0 Å². The van der Waals surface area contributed by atoms with Crippen LogP contribution in [0, 0.1) is 0 Å². The molecule has 0 aromatic heterocycles. The van der Waals surface area contributed by atoms with Gasteiger partial charge in [0.2, 0.25) is 0 Å². The van der Waals surface area contributed by atoms with Gasteiger partial charge in [-0.05, 0) is 29.3 Å². The van der Waals surface area contributed by atoms with Crippen LogP contribution >= 0.6 is 23.2 Å². The van der Waals surface area contributed by atoms with Crippen molar-refractivity contribution in [2.45, 2.75) is 12.0 Å². The highest BCUT2D eigenvalue weighted by Crippen LogP contribution is 2.37. The van der Waals surface area contributed by atoms with Crippen LogP contribution in [-0.2, 0) is 15.1 Å². The predicted molar refractivity (Wildman–Crippen MR) is 121 cm³/mol. The molecule has 2 N–H and O–H groups in total. The molecule has 0 saturated heterocycles. The number of carbonyl (C=O) groups excluding carboxylic acids is 1. The molecule has 0 bridgehead atoms. The maximum atomic E-state index is 12.4. The maximum Gasteiger partial charge on any atom is 0.307 e. The van der Waals surface area contributed by atoms with Crippen LogP contribution in [0.15, 0.2) is 78.9 Å². The van der Waals surface area contributed by atoms with Crippen LogP contribution in [0.5, 0.6) is 0 Å². The van der Waals surface area contributed by atoms with Gasteiger partial charge in [0.1, 0.15) is 5.60 Å². The summed E-state index contributed by atoms with van der Waals surface area (Å²) in [7, 11) is 0. The molecule has 0 atom stereocenters. The Morgan fingerprint density at radius 1 is 0.871 bits per heavy atom. The molecule has 0 fully saturated rings. The molecule has 7 heteroatoms. The Morgan fingerprint density at radius 2 is 1.39 bits per heavy atom. The molecule has 160 valence electrons. The second kappa shape index (κ2) is 10.4. The first-order chi connectivity index (χ1) is 14.9. The predicted octanol–water partition coefficient (Wildman–Crippen LogP) is 5.16. The summed E-state index contributed by atoms with van der Waals surface area (Å²) in [4.78, 5) is 24.2. The Hall–Kier alpha value is -2.86. The molecule has 0 unspecified atom stereocenters.